The van der Waals surface area contributed by atoms with Gasteiger partial charge in [0.15, 0.2) is 0 Å². The molecule has 0 N–H and O–H groups in total. The van der Waals surface area contributed by atoms with Gasteiger partial charge in [-0.1, -0.05) is 48.5 Å². The lowest BCUT2D eigenvalue weighted by molar-refractivity contribution is -0.161. The molecule has 0 aliphatic carbocycles. The maximum atomic E-state index is 12.8. The van der Waals surface area contributed by atoms with Crippen LogP contribution >= 0.6 is 0 Å². The molecule has 0 bridgehead atoms. The Balaban J connectivity index is 2.44. The topological polar surface area (TPSA) is 55.8 Å². The minimum Gasteiger partial charge on any atom is -0.461 e. The van der Waals surface area contributed by atoms with E-state index in [9.17, 15) is 9.59 Å². The second-order valence-corrected chi connectivity index (χ2v) is 6.82. The molecule has 144 valence electrons. The number of para-hydroxylation sites is 1. The molecule has 27 heavy (non-hydrogen) atoms. The predicted octanol–water partition coefficient (Wildman–Crippen LogP) is 3.97. The lowest BCUT2D eigenvalue weighted by atomic mass is 10.1. The van der Waals surface area contributed by atoms with Crippen molar-refractivity contribution in [2.45, 2.75) is 52.5 Å². The average molecular weight is 369 g/mol. The molecule has 2 aromatic rings. The number of nitrogens with zero attached hydrogens (tertiary/aromatic N) is 1. The third-order valence-electron chi connectivity index (χ3n) is 3.75. The summed E-state index contributed by atoms with van der Waals surface area (Å²) in [6.07, 6.45) is -0.664. The van der Waals surface area contributed by atoms with Gasteiger partial charge in [0.05, 0.1) is 12.2 Å². The summed E-state index contributed by atoms with van der Waals surface area (Å²) in [4.78, 5) is 27.4. The molecule has 5 nitrogen and oxygen atoms in total. The van der Waals surface area contributed by atoms with Gasteiger partial charge in [0.25, 0.3) is 0 Å². The molecule has 0 amide bonds. The van der Waals surface area contributed by atoms with Crippen molar-refractivity contribution in [1.29, 1.82) is 0 Å². The first kappa shape index (κ1) is 20.5. The number of hydrogen-bond acceptors (Lipinski definition) is 5. The minimum absolute atomic E-state index is 0.332. The van der Waals surface area contributed by atoms with Crippen molar-refractivity contribution in [3.63, 3.8) is 0 Å². The number of carbonyl (C=O) groups excluding carboxylic acids is 2. The fourth-order valence-corrected chi connectivity index (χ4v) is 2.68. The number of hydrogen-bond donors (Lipinski definition) is 0. The van der Waals surface area contributed by atoms with E-state index in [2.05, 4.69) is 0 Å². The molecule has 2 aromatic carbocycles. The Morgan fingerprint density at radius 3 is 1.67 bits per heavy atom. The summed E-state index contributed by atoms with van der Waals surface area (Å²) < 4.78 is 10.7. The van der Waals surface area contributed by atoms with Crippen molar-refractivity contribution in [2.24, 2.45) is 0 Å². The van der Waals surface area contributed by atoms with Crippen LogP contribution in [0.5, 0.6) is 0 Å². The highest BCUT2D eigenvalue weighted by atomic mass is 16.6. The summed E-state index contributed by atoms with van der Waals surface area (Å²) in [6, 6.07) is 17.8. The average Bonchev–Trinajstić information content (AvgIpc) is 2.61. The SMILES string of the molecule is CC(C)OC(=O)C(C(=O)OC(C)C)N(Cc1ccccc1)c1ccccc1. The van der Waals surface area contributed by atoms with Crippen LogP contribution in [0.25, 0.3) is 0 Å². The molecule has 0 fully saturated rings. The van der Waals surface area contributed by atoms with Crippen LogP contribution in [0.4, 0.5) is 5.69 Å². The quantitative estimate of drug-likeness (QED) is 0.521. The van der Waals surface area contributed by atoms with Crippen molar-refractivity contribution in [2.75, 3.05) is 4.90 Å². The van der Waals surface area contributed by atoms with Gasteiger partial charge in [-0.2, -0.15) is 0 Å². The van der Waals surface area contributed by atoms with E-state index >= 15 is 0 Å². The van der Waals surface area contributed by atoms with Crippen LogP contribution in [-0.4, -0.2) is 30.2 Å². The van der Waals surface area contributed by atoms with Crippen LogP contribution in [0, 0.1) is 0 Å². The number of benzene rings is 2. The minimum atomic E-state index is -1.18. The van der Waals surface area contributed by atoms with Crippen molar-refractivity contribution >= 4 is 17.6 Å². The molecule has 0 radical (unpaired) electrons. The Bertz CT molecular complexity index is 706. The van der Waals surface area contributed by atoms with Crippen molar-refractivity contribution < 1.29 is 19.1 Å². The van der Waals surface area contributed by atoms with E-state index in [4.69, 9.17) is 9.47 Å². The molecule has 0 atom stereocenters. The fourth-order valence-electron chi connectivity index (χ4n) is 2.68. The van der Waals surface area contributed by atoms with Crippen LogP contribution in [0.1, 0.15) is 33.3 Å². The summed E-state index contributed by atoms with van der Waals surface area (Å²) in [6.45, 7) is 7.40. The zero-order valence-corrected chi connectivity index (χ0v) is 16.3. The largest absolute Gasteiger partial charge is 0.461 e. The van der Waals surface area contributed by atoms with Gasteiger partial charge in [0.1, 0.15) is 0 Å². The third kappa shape index (κ3) is 6.13. The van der Waals surface area contributed by atoms with Gasteiger partial charge in [-0.15, -0.1) is 0 Å². The molecule has 2 rings (SSSR count). The third-order valence-corrected chi connectivity index (χ3v) is 3.75. The monoisotopic (exact) mass is 369 g/mol. The van der Waals surface area contributed by atoms with Gasteiger partial charge < -0.3 is 14.4 Å². The number of esters is 2. The van der Waals surface area contributed by atoms with Crippen LogP contribution < -0.4 is 4.90 Å². The Kier molecular flexibility index (Phi) is 7.41. The summed E-state index contributed by atoms with van der Waals surface area (Å²) in [5, 5.41) is 0. The number of rotatable bonds is 8. The van der Waals surface area contributed by atoms with E-state index in [1.807, 2.05) is 60.7 Å². The Hall–Kier alpha value is -2.82. The number of carbonyl (C=O) groups is 2. The normalized spacial score (nSPS) is 10.9. The molecule has 0 spiro atoms. The predicted molar refractivity (Wildman–Crippen MR) is 105 cm³/mol. The van der Waals surface area contributed by atoms with E-state index in [1.54, 1.807) is 32.6 Å². The first-order chi connectivity index (χ1) is 12.9. The molecular weight excluding hydrogens is 342 g/mol. The number of ether oxygens (including phenoxy) is 2. The standard InChI is InChI=1S/C22H27NO4/c1-16(2)26-21(24)20(22(25)27-17(3)4)23(19-13-9-6-10-14-19)15-18-11-7-5-8-12-18/h5-14,16-17,20H,15H2,1-4H3. The first-order valence-corrected chi connectivity index (χ1v) is 9.15. The zero-order chi connectivity index (χ0) is 19.8. The second-order valence-electron chi connectivity index (χ2n) is 6.82. The van der Waals surface area contributed by atoms with Crippen molar-refractivity contribution in [1.82, 2.24) is 0 Å². The Morgan fingerprint density at radius 2 is 1.22 bits per heavy atom. The highest BCUT2D eigenvalue weighted by molar-refractivity contribution is 6.02. The molecule has 0 heterocycles. The summed E-state index contributed by atoms with van der Waals surface area (Å²) in [7, 11) is 0. The Labute approximate surface area is 160 Å². The van der Waals surface area contributed by atoms with Gasteiger partial charge >= 0.3 is 11.9 Å². The molecule has 0 aliphatic heterocycles. The van der Waals surface area contributed by atoms with Crippen molar-refractivity contribution in [3.8, 4) is 0 Å². The maximum absolute atomic E-state index is 12.8. The van der Waals surface area contributed by atoms with Gasteiger partial charge in [-0.05, 0) is 45.4 Å². The van der Waals surface area contributed by atoms with Crippen LogP contribution in [-0.2, 0) is 25.6 Å². The van der Waals surface area contributed by atoms with Gasteiger partial charge in [0.2, 0.25) is 6.04 Å². The molecule has 0 saturated carbocycles. The highest BCUT2D eigenvalue weighted by Crippen LogP contribution is 2.22. The van der Waals surface area contributed by atoms with Gasteiger partial charge in [0, 0.05) is 12.2 Å². The second kappa shape index (κ2) is 9.76. The van der Waals surface area contributed by atoms with Gasteiger partial charge in [-0.25, -0.2) is 9.59 Å². The van der Waals surface area contributed by atoms with Crippen LogP contribution in [0.2, 0.25) is 0 Å². The zero-order valence-electron chi connectivity index (χ0n) is 16.3. The molecule has 0 unspecified atom stereocenters. The maximum Gasteiger partial charge on any atom is 0.340 e. The summed E-state index contributed by atoms with van der Waals surface area (Å²) >= 11 is 0. The molecule has 0 aromatic heterocycles. The van der Waals surface area contributed by atoms with Crippen molar-refractivity contribution in [3.05, 3.63) is 66.2 Å². The highest BCUT2D eigenvalue weighted by Gasteiger charge is 2.37. The van der Waals surface area contributed by atoms with E-state index in [1.165, 1.54) is 0 Å². The molecule has 0 aliphatic rings. The summed E-state index contributed by atoms with van der Waals surface area (Å²) in [5.41, 5.74) is 1.72. The van der Waals surface area contributed by atoms with Crippen LogP contribution in [0.3, 0.4) is 0 Å². The molecule has 0 saturated heterocycles. The van der Waals surface area contributed by atoms with Gasteiger partial charge in [-0.3, -0.25) is 0 Å². The van der Waals surface area contributed by atoms with E-state index in [0.29, 0.717) is 6.54 Å². The van der Waals surface area contributed by atoms with E-state index < -0.39 is 18.0 Å². The number of anilines is 1. The van der Waals surface area contributed by atoms with E-state index in [-0.39, 0.29) is 12.2 Å². The lowest BCUT2D eigenvalue weighted by Gasteiger charge is -2.31. The summed E-state index contributed by atoms with van der Waals surface area (Å²) in [5.74, 6) is -1.23. The lowest BCUT2D eigenvalue weighted by Crippen LogP contribution is -2.49. The molecule has 5 heteroatoms. The van der Waals surface area contributed by atoms with Crippen LogP contribution in [0.15, 0.2) is 60.7 Å². The first-order valence-electron chi connectivity index (χ1n) is 9.15. The molecular formula is C22H27NO4. The fraction of sp³-hybridized carbons (Fsp3) is 0.364. The smallest absolute Gasteiger partial charge is 0.340 e. The van der Waals surface area contributed by atoms with E-state index in [0.717, 1.165) is 11.3 Å². The Morgan fingerprint density at radius 1 is 0.778 bits per heavy atom.